The topological polar surface area (TPSA) is 171 Å². The van der Waals surface area contributed by atoms with Crippen molar-refractivity contribution in [2.45, 2.75) is 36.7 Å². The number of aromatic hydroxyl groups is 2. The summed E-state index contributed by atoms with van der Waals surface area (Å²) in [5.74, 6) is -3.08. The molecule has 1 fully saturated rings. The number of benzene rings is 1. The molecule has 0 heterocycles. The van der Waals surface area contributed by atoms with Crippen LogP contribution >= 0.6 is 0 Å². The van der Waals surface area contributed by atoms with Crippen LogP contribution in [0.15, 0.2) is 24.3 Å². The number of carboxylic acid groups (broad SMARTS) is 1. The van der Waals surface area contributed by atoms with Crippen molar-refractivity contribution in [3.05, 3.63) is 29.8 Å². The SMILES string of the molecule is NC1C[C@@](O)(C(=O)O)C[C@H](OC(=O)/C=C/c2ccc(O)c(O)c2)[C@@H]1O. The van der Waals surface area contributed by atoms with Crippen LogP contribution in [0.2, 0.25) is 0 Å². The van der Waals surface area contributed by atoms with Gasteiger partial charge in [-0.2, -0.15) is 0 Å². The van der Waals surface area contributed by atoms with Crippen LogP contribution in [0.25, 0.3) is 6.08 Å². The molecule has 9 nitrogen and oxygen atoms in total. The van der Waals surface area contributed by atoms with Gasteiger partial charge in [-0.05, 0) is 23.8 Å². The van der Waals surface area contributed by atoms with Crippen LogP contribution in [-0.2, 0) is 14.3 Å². The summed E-state index contributed by atoms with van der Waals surface area (Å²) in [5.41, 5.74) is 3.83. The average molecular weight is 353 g/mol. The van der Waals surface area contributed by atoms with Crippen molar-refractivity contribution in [2.24, 2.45) is 5.73 Å². The first-order chi connectivity index (χ1) is 11.6. The molecule has 0 spiro atoms. The number of aliphatic carboxylic acids is 1. The Balaban J connectivity index is 2.06. The van der Waals surface area contributed by atoms with Gasteiger partial charge in [0.25, 0.3) is 0 Å². The number of aliphatic hydroxyl groups excluding tert-OH is 1. The Hall–Kier alpha value is -2.62. The molecule has 1 unspecified atom stereocenters. The summed E-state index contributed by atoms with van der Waals surface area (Å²) < 4.78 is 5.00. The molecule has 1 saturated carbocycles. The lowest BCUT2D eigenvalue weighted by molar-refractivity contribution is -0.182. The van der Waals surface area contributed by atoms with E-state index in [9.17, 15) is 30.0 Å². The van der Waals surface area contributed by atoms with Crippen LogP contribution in [0, 0.1) is 0 Å². The molecule has 9 heteroatoms. The second-order valence-corrected chi connectivity index (χ2v) is 5.96. The molecule has 1 aliphatic carbocycles. The van der Waals surface area contributed by atoms with Crippen LogP contribution in [0.1, 0.15) is 18.4 Å². The third kappa shape index (κ3) is 4.27. The largest absolute Gasteiger partial charge is 0.504 e. The molecule has 136 valence electrons. The van der Waals surface area contributed by atoms with Gasteiger partial charge >= 0.3 is 11.9 Å². The minimum atomic E-state index is -2.18. The first-order valence-electron chi connectivity index (χ1n) is 7.42. The van der Waals surface area contributed by atoms with E-state index in [-0.39, 0.29) is 17.9 Å². The summed E-state index contributed by atoms with van der Waals surface area (Å²) in [6, 6.07) is 2.82. The van der Waals surface area contributed by atoms with E-state index in [4.69, 9.17) is 15.6 Å². The van der Waals surface area contributed by atoms with Gasteiger partial charge in [-0.3, -0.25) is 0 Å². The van der Waals surface area contributed by atoms with Crippen LogP contribution in [0.4, 0.5) is 0 Å². The molecule has 1 aromatic carbocycles. The molecular formula is C16H19NO8. The third-order valence-corrected chi connectivity index (χ3v) is 4.01. The van der Waals surface area contributed by atoms with Crippen molar-refractivity contribution < 1.29 is 39.9 Å². The van der Waals surface area contributed by atoms with Crippen molar-refractivity contribution in [3.8, 4) is 11.5 Å². The van der Waals surface area contributed by atoms with Gasteiger partial charge < -0.3 is 36.0 Å². The number of rotatable bonds is 4. The van der Waals surface area contributed by atoms with Crippen LogP contribution in [-0.4, -0.2) is 61.3 Å². The Morgan fingerprint density at radius 2 is 1.92 bits per heavy atom. The van der Waals surface area contributed by atoms with Crippen LogP contribution in [0.3, 0.4) is 0 Å². The molecule has 7 N–H and O–H groups in total. The molecule has 4 atom stereocenters. The molecule has 0 aromatic heterocycles. The minimum Gasteiger partial charge on any atom is -0.504 e. The fourth-order valence-corrected chi connectivity index (χ4v) is 2.61. The van der Waals surface area contributed by atoms with E-state index in [1.807, 2.05) is 0 Å². The Morgan fingerprint density at radius 1 is 1.24 bits per heavy atom. The quantitative estimate of drug-likeness (QED) is 0.233. The van der Waals surface area contributed by atoms with Crippen molar-refractivity contribution in [1.82, 2.24) is 0 Å². The molecule has 0 aliphatic heterocycles. The maximum atomic E-state index is 11.9. The second kappa shape index (κ2) is 7.09. The second-order valence-electron chi connectivity index (χ2n) is 5.96. The third-order valence-electron chi connectivity index (χ3n) is 4.01. The molecule has 0 bridgehead atoms. The number of hydrogen-bond acceptors (Lipinski definition) is 8. The Bertz CT molecular complexity index is 703. The first kappa shape index (κ1) is 18.7. The van der Waals surface area contributed by atoms with Crippen molar-refractivity contribution in [3.63, 3.8) is 0 Å². The van der Waals surface area contributed by atoms with Crippen LogP contribution in [0.5, 0.6) is 11.5 Å². The predicted octanol–water partition coefficient (Wildman–Crippen LogP) is -0.680. The number of esters is 1. The molecule has 0 amide bonds. The molecule has 1 aliphatic rings. The monoisotopic (exact) mass is 353 g/mol. The first-order valence-corrected chi connectivity index (χ1v) is 7.42. The predicted molar refractivity (Wildman–Crippen MR) is 84.5 cm³/mol. The highest BCUT2D eigenvalue weighted by atomic mass is 16.6. The number of carbonyl (C=O) groups is 2. The van der Waals surface area contributed by atoms with Crippen molar-refractivity contribution in [2.75, 3.05) is 0 Å². The lowest BCUT2D eigenvalue weighted by atomic mass is 9.78. The van der Waals surface area contributed by atoms with Crippen molar-refractivity contribution in [1.29, 1.82) is 0 Å². The van der Waals surface area contributed by atoms with E-state index >= 15 is 0 Å². The highest BCUT2D eigenvalue weighted by molar-refractivity contribution is 5.87. The van der Waals surface area contributed by atoms with Gasteiger partial charge in [-0.25, -0.2) is 9.59 Å². The van der Waals surface area contributed by atoms with Gasteiger partial charge in [0, 0.05) is 25.0 Å². The minimum absolute atomic E-state index is 0.313. The summed E-state index contributed by atoms with van der Waals surface area (Å²) in [6.07, 6.45) is -1.15. The number of ether oxygens (including phenoxy) is 1. The van der Waals surface area contributed by atoms with Gasteiger partial charge in [0.05, 0.1) is 0 Å². The summed E-state index contributed by atoms with van der Waals surface area (Å²) in [6.45, 7) is 0. The van der Waals surface area contributed by atoms with Gasteiger partial charge in [0.15, 0.2) is 17.1 Å². The number of carboxylic acids is 1. The van der Waals surface area contributed by atoms with Gasteiger partial charge in [0.2, 0.25) is 0 Å². The number of phenols is 2. The average Bonchev–Trinajstić information content (AvgIpc) is 2.53. The molecule has 25 heavy (non-hydrogen) atoms. The Morgan fingerprint density at radius 3 is 2.52 bits per heavy atom. The smallest absolute Gasteiger partial charge is 0.335 e. The standard InChI is InChI=1S/C16H19NO8/c17-9-6-16(24,15(22)23)7-12(14(9)21)25-13(20)4-2-8-1-3-10(18)11(19)5-8/h1-5,9,12,14,18-19,21,24H,6-7,17H2,(H,22,23)/b4-2+/t9?,12-,14+,16-/m0/s1. The van der Waals surface area contributed by atoms with E-state index in [1.54, 1.807) is 0 Å². The summed E-state index contributed by atoms with van der Waals surface area (Å²) in [4.78, 5) is 23.0. The lowest BCUT2D eigenvalue weighted by Gasteiger charge is -2.39. The van der Waals surface area contributed by atoms with E-state index in [0.29, 0.717) is 5.56 Å². The number of aliphatic hydroxyl groups is 2. The molecule has 1 aromatic rings. The fraction of sp³-hybridized carbons (Fsp3) is 0.375. The lowest BCUT2D eigenvalue weighted by Crippen LogP contribution is -2.59. The number of nitrogens with two attached hydrogens (primary N) is 1. The number of carbonyl (C=O) groups excluding carboxylic acids is 1. The molecule has 2 rings (SSSR count). The zero-order valence-corrected chi connectivity index (χ0v) is 13.1. The number of hydrogen-bond donors (Lipinski definition) is 6. The van der Waals surface area contributed by atoms with Gasteiger partial charge in [0.1, 0.15) is 12.2 Å². The molecule has 0 radical (unpaired) electrons. The highest BCUT2D eigenvalue weighted by Crippen LogP contribution is 2.30. The highest BCUT2D eigenvalue weighted by Gasteiger charge is 2.49. The van der Waals surface area contributed by atoms with E-state index in [0.717, 1.165) is 6.08 Å². The van der Waals surface area contributed by atoms with Gasteiger partial charge in [-0.15, -0.1) is 0 Å². The Labute approximate surface area is 142 Å². The van der Waals surface area contributed by atoms with E-state index in [2.05, 4.69) is 0 Å². The van der Waals surface area contributed by atoms with Crippen LogP contribution < -0.4 is 5.73 Å². The maximum Gasteiger partial charge on any atom is 0.335 e. The number of phenolic OH excluding ortho intramolecular Hbond substituents is 2. The Kier molecular flexibility index (Phi) is 5.31. The normalized spacial score (nSPS) is 29.5. The van der Waals surface area contributed by atoms with Gasteiger partial charge in [-0.1, -0.05) is 6.07 Å². The maximum absolute atomic E-state index is 11.9. The summed E-state index contributed by atoms with van der Waals surface area (Å²) in [7, 11) is 0. The molecule has 0 saturated heterocycles. The summed E-state index contributed by atoms with van der Waals surface area (Å²) >= 11 is 0. The molecular weight excluding hydrogens is 334 g/mol. The fourth-order valence-electron chi connectivity index (χ4n) is 2.61. The van der Waals surface area contributed by atoms with Crippen molar-refractivity contribution >= 4 is 18.0 Å². The summed E-state index contributed by atoms with van der Waals surface area (Å²) in [5, 5.41) is 47.6. The zero-order valence-electron chi connectivity index (χ0n) is 13.1. The van der Waals surface area contributed by atoms with E-state index < -0.39 is 42.2 Å². The van der Waals surface area contributed by atoms with E-state index in [1.165, 1.54) is 24.3 Å². The zero-order chi connectivity index (χ0) is 18.8.